The fourth-order valence-corrected chi connectivity index (χ4v) is 4.19. The molecule has 9 heteroatoms. The van der Waals surface area contributed by atoms with Gasteiger partial charge in [-0.2, -0.15) is 0 Å². The van der Waals surface area contributed by atoms with Crippen molar-refractivity contribution >= 4 is 23.1 Å². The molecule has 1 aromatic carbocycles. The normalized spacial score (nSPS) is 29.9. The van der Waals surface area contributed by atoms with E-state index in [1.807, 2.05) is 4.90 Å². The maximum absolute atomic E-state index is 15.0. The van der Waals surface area contributed by atoms with Crippen LogP contribution in [0.5, 0.6) is 0 Å². The van der Waals surface area contributed by atoms with Crippen molar-refractivity contribution in [1.82, 2.24) is 0 Å². The van der Waals surface area contributed by atoms with E-state index in [4.69, 9.17) is 15.2 Å². The number of carboxylic acids is 1. The summed E-state index contributed by atoms with van der Waals surface area (Å²) in [6.45, 7) is 0.783. The summed E-state index contributed by atoms with van der Waals surface area (Å²) < 4.78 is 25.5. The van der Waals surface area contributed by atoms with Crippen LogP contribution in [-0.4, -0.2) is 74.5 Å². The molecule has 3 aliphatic rings. The maximum atomic E-state index is 15.0. The highest BCUT2D eigenvalue weighted by Gasteiger charge is 2.55. The van der Waals surface area contributed by atoms with Gasteiger partial charge in [0, 0.05) is 38.9 Å². The van der Waals surface area contributed by atoms with Gasteiger partial charge < -0.3 is 30.1 Å². The Morgan fingerprint density at radius 3 is 2.54 bits per heavy atom. The third-order valence-electron chi connectivity index (χ3n) is 6.01. The molecule has 0 spiro atoms. The second-order valence-electron chi connectivity index (χ2n) is 7.69. The molecule has 0 radical (unpaired) electrons. The number of hydrogen-bond acceptors (Lipinski definition) is 7. The van der Waals surface area contributed by atoms with E-state index in [0.29, 0.717) is 24.5 Å². The van der Waals surface area contributed by atoms with Crippen LogP contribution in [-0.2, 0) is 14.3 Å². The minimum absolute atomic E-state index is 0.0374. The van der Waals surface area contributed by atoms with Gasteiger partial charge in [0.2, 0.25) is 11.4 Å². The number of aliphatic carboxylic acids is 1. The molecule has 1 saturated heterocycles. The van der Waals surface area contributed by atoms with E-state index in [0.717, 1.165) is 18.9 Å². The number of carbonyl (C=O) groups is 2. The maximum Gasteiger partial charge on any atom is 0.346 e. The molecule has 4 rings (SSSR count). The first-order chi connectivity index (χ1) is 13.3. The number of fused-ring (bicyclic) bond motifs is 1. The molecule has 0 aromatic heterocycles. The molecule has 2 aliphatic heterocycles. The molecule has 0 amide bonds. The molecule has 1 aromatic rings. The van der Waals surface area contributed by atoms with Crippen LogP contribution in [0.15, 0.2) is 12.1 Å². The fourth-order valence-electron chi connectivity index (χ4n) is 4.19. The van der Waals surface area contributed by atoms with Crippen LogP contribution in [0.25, 0.3) is 0 Å². The molecular formula is C19H24FN3O5. The summed E-state index contributed by atoms with van der Waals surface area (Å²) >= 11 is 0. The van der Waals surface area contributed by atoms with E-state index < -0.39 is 23.2 Å². The van der Waals surface area contributed by atoms with Gasteiger partial charge in [0.25, 0.3) is 0 Å². The smallest absolute Gasteiger partial charge is 0.346 e. The molecule has 1 saturated carbocycles. The number of halogens is 1. The zero-order valence-corrected chi connectivity index (χ0v) is 15.9. The summed E-state index contributed by atoms with van der Waals surface area (Å²) in [5, 5.41) is 9.68. The Morgan fingerprint density at radius 2 is 2.00 bits per heavy atom. The highest BCUT2D eigenvalue weighted by molar-refractivity contribution is 6.19. The highest BCUT2D eigenvalue weighted by atomic mass is 19.1. The van der Waals surface area contributed by atoms with Gasteiger partial charge in [-0.3, -0.25) is 4.79 Å². The third kappa shape index (κ3) is 2.76. The number of carboxylic acid groups (broad SMARTS) is 1. The standard InChI is InChI=1S/C19H24FN3O5/c1-27-16-8-22(7-13(16)21)15-6-14-11(5-12(15)20)17(24)19(28-2,18(25)26)9-23(14)10-3-4-10/h5-6,10,13,16H,3-4,7-9,21H2,1-2H3,(H,25,26)/t13-,16+,19?/m1/s1. The number of carbonyl (C=O) groups excluding carboxylic acids is 1. The number of nitrogens with zero attached hydrogens (tertiary/aromatic N) is 2. The molecule has 1 unspecified atom stereocenters. The van der Waals surface area contributed by atoms with Crippen LogP contribution < -0.4 is 15.5 Å². The van der Waals surface area contributed by atoms with Gasteiger partial charge in [-0.15, -0.1) is 0 Å². The molecule has 2 heterocycles. The predicted molar refractivity (Wildman–Crippen MR) is 99.5 cm³/mol. The lowest BCUT2D eigenvalue weighted by Gasteiger charge is -2.40. The van der Waals surface area contributed by atoms with Crippen molar-refractivity contribution in [2.24, 2.45) is 5.73 Å². The van der Waals surface area contributed by atoms with E-state index in [2.05, 4.69) is 0 Å². The minimum atomic E-state index is -2.03. The van der Waals surface area contributed by atoms with E-state index in [1.54, 1.807) is 18.1 Å². The van der Waals surface area contributed by atoms with Crippen molar-refractivity contribution in [3.05, 3.63) is 23.5 Å². The summed E-state index contributed by atoms with van der Waals surface area (Å²) in [6, 6.07) is 2.64. The van der Waals surface area contributed by atoms with Crippen molar-refractivity contribution in [3.8, 4) is 0 Å². The summed E-state index contributed by atoms with van der Waals surface area (Å²) in [7, 11) is 2.77. The number of ketones is 1. The van der Waals surface area contributed by atoms with Crippen molar-refractivity contribution in [3.63, 3.8) is 0 Å². The number of benzene rings is 1. The predicted octanol–water partition coefficient (Wildman–Crippen LogP) is 0.623. The van der Waals surface area contributed by atoms with Crippen LogP contribution in [0.1, 0.15) is 23.2 Å². The fraction of sp³-hybridized carbons (Fsp3) is 0.579. The second-order valence-corrected chi connectivity index (χ2v) is 7.69. The number of ether oxygens (including phenoxy) is 2. The monoisotopic (exact) mass is 393 g/mol. The number of nitrogens with two attached hydrogens (primary N) is 1. The zero-order valence-electron chi connectivity index (χ0n) is 15.9. The topological polar surface area (TPSA) is 105 Å². The van der Waals surface area contributed by atoms with Crippen LogP contribution in [0.3, 0.4) is 0 Å². The summed E-state index contributed by atoms with van der Waals surface area (Å²) in [5.41, 5.74) is 4.96. The Kier molecular flexibility index (Phi) is 4.56. The Morgan fingerprint density at radius 1 is 1.29 bits per heavy atom. The van der Waals surface area contributed by atoms with E-state index >= 15 is 0 Å². The number of hydrogen-bond donors (Lipinski definition) is 2. The molecular weight excluding hydrogens is 369 g/mol. The van der Waals surface area contributed by atoms with Gasteiger partial charge >= 0.3 is 5.97 Å². The van der Waals surface area contributed by atoms with Crippen molar-refractivity contribution in [1.29, 1.82) is 0 Å². The van der Waals surface area contributed by atoms with Crippen LogP contribution in [0.2, 0.25) is 0 Å². The van der Waals surface area contributed by atoms with Gasteiger partial charge in [-0.05, 0) is 25.0 Å². The number of methoxy groups -OCH3 is 2. The first-order valence-electron chi connectivity index (χ1n) is 9.29. The Bertz CT molecular complexity index is 830. The molecule has 1 aliphatic carbocycles. The molecule has 152 valence electrons. The molecule has 8 nitrogen and oxygen atoms in total. The van der Waals surface area contributed by atoms with Gasteiger partial charge in [0.05, 0.1) is 30.1 Å². The highest BCUT2D eigenvalue weighted by Crippen LogP contribution is 2.43. The Balaban J connectivity index is 1.79. The largest absolute Gasteiger partial charge is 0.479 e. The van der Waals surface area contributed by atoms with E-state index in [1.165, 1.54) is 7.11 Å². The molecule has 3 N–H and O–H groups in total. The lowest BCUT2D eigenvalue weighted by molar-refractivity contribution is -0.155. The minimum Gasteiger partial charge on any atom is -0.479 e. The zero-order chi connectivity index (χ0) is 20.2. The van der Waals surface area contributed by atoms with E-state index in [9.17, 15) is 19.1 Å². The second kappa shape index (κ2) is 6.68. The lowest BCUT2D eigenvalue weighted by atomic mass is 9.86. The van der Waals surface area contributed by atoms with E-state index in [-0.39, 0.29) is 30.3 Å². The molecule has 28 heavy (non-hydrogen) atoms. The average Bonchev–Trinajstić information content (AvgIpc) is 3.44. The van der Waals surface area contributed by atoms with Crippen molar-refractivity contribution in [2.75, 3.05) is 43.7 Å². The molecule has 2 fully saturated rings. The van der Waals surface area contributed by atoms with Crippen molar-refractivity contribution in [2.45, 2.75) is 36.6 Å². The number of Topliss-reactive ketones (excluding diaryl/α,β-unsaturated/α-hetero) is 1. The molecule has 0 bridgehead atoms. The third-order valence-corrected chi connectivity index (χ3v) is 6.01. The Hall–Kier alpha value is -2.23. The van der Waals surface area contributed by atoms with Crippen LogP contribution in [0, 0.1) is 5.82 Å². The quantitative estimate of drug-likeness (QED) is 0.702. The Labute approximate surface area is 162 Å². The van der Waals surface area contributed by atoms with Gasteiger partial charge in [0.15, 0.2) is 0 Å². The van der Waals surface area contributed by atoms with Gasteiger partial charge in [0.1, 0.15) is 5.82 Å². The summed E-state index contributed by atoms with van der Waals surface area (Å²) in [5.74, 6) is -2.69. The first kappa shape index (κ1) is 19.1. The van der Waals surface area contributed by atoms with Crippen LogP contribution >= 0.6 is 0 Å². The van der Waals surface area contributed by atoms with Crippen LogP contribution in [0.4, 0.5) is 15.8 Å². The summed E-state index contributed by atoms with van der Waals surface area (Å²) in [4.78, 5) is 28.5. The SMILES string of the molecule is CO[C@H]1CN(c2cc3c(cc2F)C(=O)C(OC)(C(=O)O)CN3C2CC2)C[C@H]1N. The number of rotatable bonds is 5. The lowest BCUT2D eigenvalue weighted by Crippen LogP contribution is -2.60. The number of anilines is 2. The first-order valence-corrected chi connectivity index (χ1v) is 9.29. The van der Waals surface area contributed by atoms with Crippen molar-refractivity contribution < 1.29 is 28.6 Å². The summed E-state index contributed by atoms with van der Waals surface area (Å²) in [6.07, 6.45) is 1.57. The average molecular weight is 393 g/mol. The van der Waals surface area contributed by atoms with Gasteiger partial charge in [-0.1, -0.05) is 0 Å². The van der Waals surface area contributed by atoms with Gasteiger partial charge in [-0.25, -0.2) is 9.18 Å². The molecule has 3 atom stereocenters.